The molecular weight excluding hydrogens is 262 g/mol. The van der Waals surface area contributed by atoms with Crippen molar-refractivity contribution in [2.45, 2.75) is 44.7 Å². The lowest BCUT2D eigenvalue weighted by molar-refractivity contribution is -0.121. The van der Waals surface area contributed by atoms with Gasteiger partial charge in [-0.3, -0.25) is 4.79 Å². The first-order valence-corrected chi connectivity index (χ1v) is 8.08. The molecule has 0 aliphatic carbocycles. The van der Waals surface area contributed by atoms with E-state index in [0.29, 0.717) is 18.5 Å². The van der Waals surface area contributed by atoms with Gasteiger partial charge < -0.3 is 15.5 Å². The lowest BCUT2D eigenvalue weighted by Gasteiger charge is -2.27. The first-order valence-electron chi connectivity index (χ1n) is 8.08. The number of fused-ring (bicyclic) bond motifs is 1. The molecule has 0 aromatic heterocycles. The number of anilines is 1. The Hall–Kier alpha value is -1.55. The Kier molecular flexibility index (Phi) is 4.44. The second-order valence-electron chi connectivity index (χ2n) is 6.22. The molecule has 1 amide bonds. The van der Waals surface area contributed by atoms with E-state index in [1.165, 1.54) is 17.7 Å². The number of carbonyl (C=O) groups is 1. The van der Waals surface area contributed by atoms with Crippen LogP contribution in [0.15, 0.2) is 24.3 Å². The normalized spacial score (nSPS) is 22.1. The first kappa shape index (κ1) is 14.4. The summed E-state index contributed by atoms with van der Waals surface area (Å²) in [5, 5.41) is 6.47. The Bertz CT molecular complexity index is 497. The molecule has 1 aromatic rings. The van der Waals surface area contributed by atoms with Crippen molar-refractivity contribution in [2.75, 3.05) is 24.5 Å². The largest absolute Gasteiger partial charge is 0.366 e. The van der Waals surface area contributed by atoms with E-state index in [4.69, 9.17) is 0 Å². The molecule has 2 N–H and O–H groups in total. The highest BCUT2D eigenvalue weighted by Crippen LogP contribution is 2.28. The van der Waals surface area contributed by atoms with Crippen LogP contribution >= 0.6 is 0 Å². The number of nitrogens with one attached hydrogen (secondary N) is 2. The van der Waals surface area contributed by atoms with Gasteiger partial charge >= 0.3 is 0 Å². The van der Waals surface area contributed by atoms with Gasteiger partial charge in [0.25, 0.3) is 0 Å². The van der Waals surface area contributed by atoms with Gasteiger partial charge in [0.15, 0.2) is 0 Å². The maximum atomic E-state index is 12.0. The molecule has 21 heavy (non-hydrogen) atoms. The molecule has 114 valence electrons. The fraction of sp³-hybridized carbons (Fsp3) is 0.588. The number of hydrogen-bond donors (Lipinski definition) is 2. The van der Waals surface area contributed by atoms with Gasteiger partial charge in [-0.2, -0.15) is 0 Å². The SMILES string of the molecule is CC(CNC(=O)CC1CCCN1)N1CCc2ccccc21. The van der Waals surface area contributed by atoms with Gasteiger partial charge in [0.05, 0.1) is 0 Å². The van der Waals surface area contributed by atoms with Crippen LogP contribution in [0.1, 0.15) is 31.7 Å². The van der Waals surface area contributed by atoms with E-state index in [0.717, 1.165) is 32.5 Å². The van der Waals surface area contributed by atoms with E-state index in [1.807, 2.05) is 0 Å². The minimum atomic E-state index is 0.175. The summed E-state index contributed by atoms with van der Waals surface area (Å²) < 4.78 is 0. The summed E-state index contributed by atoms with van der Waals surface area (Å²) in [6.07, 6.45) is 4.05. The monoisotopic (exact) mass is 287 g/mol. The number of hydrogen-bond acceptors (Lipinski definition) is 3. The summed E-state index contributed by atoms with van der Waals surface area (Å²) >= 11 is 0. The molecule has 3 rings (SSSR count). The van der Waals surface area contributed by atoms with Gasteiger partial charge in [-0.05, 0) is 44.4 Å². The highest BCUT2D eigenvalue weighted by atomic mass is 16.1. The summed E-state index contributed by atoms with van der Waals surface area (Å²) in [6.45, 7) is 5.02. The van der Waals surface area contributed by atoms with Crippen LogP contribution in [-0.4, -0.2) is 37.6 Å². The zero-order valence-electron chi connectivity index (χ0n) is 12.8. The van der Waals surface area contributed by atoms with Crippen molar-refractivity contribution in [3.63, 3.8) is 0 Å². The molecule has 2 aliphatic heterocycles. The molecule has 1 aromatic carbocycles. The van der Waals surface area contributed by atoms with Gasteiger partial charge in [0.2, 0.25) is 5.91 Å². The van der Waals surface area contributed by atoms with Crippen molar-refractivity contribution in [2.24, 2.45) is 0 Å². The predicted molar refractivity (Wildman–Crippen MR) is 85.6 cm³/mol. The molecule has 0 radical (unpaired) electrons. The second kappa shape index (κ2) is 6.48. The van der Waals surface area contributed by atoms with E-state index in [1.54, 1.807) is 0 Å². The number of benzene rings is 1. The third kappa shape index (κ3) is 3.38. The van der Waals surface area contributed by atoms with Gasteiger partial charge in [-0.1, -0.05) is 18.2 Å². The van der Waals surface area contributed by atoms with Crippen LogP contribution in [0.5, 0.6) is 0 Å². The summed E-state index contributed by atoms with van der Waals surface area (Å²) in [4.78, 5) is 14.4. The van der Waals surface area contributed by atoms with Crippen molar-refractivity contribution in [3.8, 4) is 0 Å². The Balaban J connectivity index is 1.48. The van der Waals surface area contributed by atoms with Crippen LogP contribution in [0.3, 0.4) is 0 Å². The van der Waals surface area contributed by atoms with Crippen LogP contribution in [0.4, 0.5) is 5.69 Å². The maximum Gasteiger partial charge on any atom is 0.221 e. The fourth-order valence-electron chi connectivity index (χ4n) is 3.42. The molecule has 2 unspecified atom stereocenters. The van der Waals surface area contributed by atoms with E-state index < -0.39 is 0 Å². The Morgan fingerprint density at radius 1 is 1.48 bits per heavy atom. The second-order valence-corrected chi connectivity index (χ2v) is 6.22. The first-order chi connectivity index (χ1) is 10.2. The molecule has 2 heterocycles. The number of carbonyl (C=O) groups excluding carboxylic acids is 1. The minimum Gasteiger partial charge on any atom is -0.366 e. The Labute approximate surface area is 126 Å². The molecule has 4 nitrogen and oxygen atoms in total. The fourth-order valence-corrected chi connectivity index (χ4v) is 3.42. The van der Waals surface area contributed by atoms with Gasteiger partial charge in [0, 0.05) is 37.3 Å². The predicted octanol–water partition coefficient (Wildman–Crippen LogP) is 1.70. The van der Waals surface area contributed by atoms with E-state index >= 15 is 0 Å². The zero-order valence-corrected chi connectivity index (χ0v) is 12.8. The van der Waals surface area contributed by atoms with E-state index in [9.17, 15) is 4.79 Å². The summed E-state index contributed by atoms with van der Waals surface area (Å²) in [5.74, 6) is 0.175. The molecule has 4 heteroatoms. The van der Waals surface area contributed by atoms with Gasteiger partial charge in [-0.15, -0.1) is 0 Å². The summed E-state index contributed by atoms with van der Waals surface area (Å²) in [7, 11) is 0. The Morgan fingerprint density at radius 3 is 3.14 bits per heavy atom. The summed E-state index contributed by atoms with van der Waals surface area (Å²) in [5.41, 5.74) is 2.75. The number of nitrogens with zero attached hydrogens (tertiary/aromatic N) is 1. The average molecular weight is 287 g/mol. The third-order valence-corrected chi connectivity index (χ3v) is 4.64. The van der Waals surface area contributed by atoms with Crippen LogP contribution in [0.25, 0.3) is 0 Å². The molecular formula is C17H25N3O. The maximum absolute atomic E-state index is 12.0. The van der Waals surface area contributed by atoms with Crippen LogP contribution in [0.2, 0.25) is 0 Å². The van der Waals surface area contributed by atoms with Crippen molar-refractivity contribution in [1.29, 1.82) is 0 Å². The molecule has 0 bridgehead atoms. The summed E-state index contributed by atoms with van der Waals surface area (Å²) in [6, 6.07) is 9.30. The van der Waals surface area contributed by atoms with Crippen molar-refractivity contribution in [1.82, 2.24) is 10.6 Å². The number of para-hydroxylation sites is 1. The molecule has 0 saturated carbocycles. The molecule has 1 saturated heterocycles. The highest BCUT2D eigenvalue weighted by Gasteiger charge is 2.23. The van der Waals surface area contributed by atoms with Crippen LogP contribution in [-0.2, 0) is 11.2 Å². The molecule has 2 atom stereocenters. The number of amides is 1. The zero-order chi connectivity index (χ0) is 14.7. The molecule has 2 aliphatic rings. The van der Waals surface area contributed by atoms with E-state index in [-0.39, 0.29) is 5.91 Å². The highest BCUT2D eigenvalue weighted by molar-refractivity contribution is 5.76. The third-order valence-electron chi connectivity index (χ3n) is 4.64. The van der Waals surface area contributed by atoms with Crippen molar-refractivity contribution >= 4 is 11.6 Å². The average Bonchev–Trinajstić information content (AvgIpc) is 3.13. The lowest BCUT2D eigenvalue weighted by Crippen LogP contribution is -2.42. The van der Waals surface area contributed by atoms with Crippen LogP contribution in [0, 0.1) is 0 Å². The minimum absolute atomic E-state index is 0.175. The topological polar surface area (TPSA) is 44.4 Å². The van der Waals surface area contributed by atoms with Crippen molar-refractivity contribution < 1.29 is 4.79 Å². The molecule has 1 fully saturated rings. The van der Waals surface area contributed by atoms with E-state index in [2.05, 4.69) is 46.7 Å². The lowest BCUT2D eigenvalue weighted by atomic mass is 10.1. The smallest absolute Gasteiger partial charge is 0.221 e. The van der Waals surface area contributed by atoms with Crippen LogP contribution < -0.4 is 15.5 Å². The number of rotatable bonds is 5. The Morgan fingerprint density at radius 2 is 2.33 bits per heavy atom. The molecule has 0 spiro atoms. The standard InChI is InChI=1S/C17H25N3O/c1-13(12-19-17(21)11-15-6-4-9-18-15)20-10-8-14-5-2-3-7-16(14)20/h2-3,5,7,13,15,18H,4,6,8-12H2,1H3,(H,19,21). The van der Waals surface area contributed by atoms with Gasteiger partial charge in [-0.25, -0.2) is 0 Å². The quantitative estimate of drug-likeness (QED) is 0.866. The van der Waals surface area contributed by atoms with Gasteiger partial charge in [0.1, 0.15) is 0 Å². The van der Waals surface area contributed by atoms with Crippen molar-refractivity contribution in [3.05, 3.63) is 29.8 Å².